The van der Waals surface area contributed by atoms with E-state index in [-0.39, 0.29) is 12.6 Å². The summed E-state index contributed by atoms with van der Waals surface area (Å²) >= 11 is 0. The van der Waals surface area contributed by atoms with Gasteiger partial charge in [0.1, 0.15) is 0 Å². The molecule has 1 N–H and O–H groups in total. The number of aliphatic carboxylic acids is 1. The molecule has 2 rings (SSSR count). The van der Waals surface area contributed by atoms with Crippen LogP contribution < -0.4 is 0 Å². The van der Waals surface area contributed by atoms with Crippen LogP contribution in [0.2, 0.25) is 0 Å². The molecule has 5 nitrogen and oxygen atoms in total. The molecule has 1 atom stereocenters. The van der Waals surface area contributed by atoms with E-state index in [1.165, 1.54) is 4.90 Å². The van der Waals surface area contributed by atoms with Gasteiger partial charge in [0.2, 0.25) is 6.10 Å². The van der Waals surface area contributed by atoms with Crippen molar-refractivity contribution in [2.75, 3.05) is 6.54 Å². The molecule has 5 heteroatoms. The van der Waals surface area contributed by atoms with Gasteiger partial charge in [-0.15, -0.1) is 0 Å². The molecular formula is C7H9NO4. The van der Waals surface area contributed by atoms with Crippen LogP contribution in [0.25, 0.3) is 0 Å². The van der Waals surface area contributed by atoms with Gasteiger partial charge in [-0.2, -0.15) is 0 Å². The van der Waals surface area contributed by atoms with Crippen molar-refractivity contribution in [2.24, 2.45) is 0 Å². The van der Waals surface area contributed by atoms with Crippen LogP contribution in [-0.4, -0.2) is 40.8 Å². The molecule has 0 radical (unpaired) electrons. The van der Waals surface area contributed by atoms with Crippen molar-refractivity contribution in [3.63, 3.8) is 0 Å². The number of hydrogen-bond donors (Lipinski definition) is 1. The number of nitrogens with zero attached hydrogens (tertiary/aromatic N) is 1. The minimum atomic E-state index is -1.06. The van der Waals surface area contributed by atoms with E-state index < -0.39 is 18.2 Å². The molecule has 1 saturated carbocycles. The number of carboxylic acids is 1. The number of ether oxygens (including phenoxy) is 1. The first-order valence-corrected chi connectivity index (χ1v) is 3.88. The molecule has 66 valence electrons. The van der Waals surface area contributed by atoms with Gasteiger partial charge in [0.15, 0.2) is 0 Å². The first-order valence-electron chi connectivity index (χ1n) is 3.88. The third-order valence-electron chi connectivity index (χ3n) is 2.10. The SMILES string of the molecule is O=C(O)[C@H]1CN(C2CC2)C(=O)O1. The van der Waals surface area contributed by atoms with Gasteiger partial charge in [0, 0.05) is 6.04 Å². The summed E-state index contributed by atoms with van der Waals surface area (Å²) in [6.07, 6.45) is 0.506. The van der Waals surface area contributed by atoms with E-state index in [4.69, 9.17) is 5.11 Å². The largest absolute Gasteiger partial charge is 0.478 e. The number of carboxylic acid groups (broad SMARTS) is 1. The van der Waals surface area contributed by atoms with E-state index >= 15 is 0 Å². The Morgan fingerprint density at radius 1 is 1.58 bits per heavy atom. The van der Waals surface area contributed by atoms with Crippen molar-refractivity contribution in [3.05, 3.63) is 0 Å². The number of rotatable bonds is 2. The normalized spacial score (nSPS) is 28.8. The number of carbonyl (C=O) groups excluding carboxylic acids is 1. The van der Waals surface area contributed by atoms with Crippen molar-refractivity contribution in [2.45, 2.75) is 25.0 Å². The van der Waals surface area contributed by atoms with Crippen molar-refractivity contribution < 1.29 is 19.4 Å². The van der Waals surface area contributed by atoms with Gasteiger partial charge < -0.3 is 14.7 Å². The maximum atomic E-state index is 11.0. The Labute approximate surface area is 68.9 Å². The molecule has 2 fully saturated rings. The molecule has 0 aromatic rings. The lowest BCUT2D eigenvalue weighted by Gasteiger charge is -2.08. The second-order valence-electron chi connectivity index (χ2n) is 3.09. The summed E-state index contributed by atoms with van der Waals surface area (Å²) in [5.41, 5.74) is 0. The number of carbonyl (C=O) groups is 2. The first-order chi connectivity index (χ1) is 5.68. The molecule has 1 aliphatic heterocycles. The smallest absolute Gasteiger partial charge is 0.411 e. The predicted octanol–water partition coefficient (Wildman–Crippen LogP) is 0.0542. The molecule has 0 aromatic carbocycles. The second-order valence-corrected chi connectivity index (χ2v) is 3.09. The second kappa shape index (κ2) is 2.36. The van der Waals surface area contributed by atoms with Crippen molar-refractivity contribution in [1.82, 2.24) is 4.90 Å². The Hall–Kier alpha value is -1.26. The topological polar surface area (TPSA) is 66.8 Å². The maximum Gasteiger partial charge on any atom is 0.411 e. The highest BCUT2D eigenvalue weighted by Gasteiger charge is 2.43. The Morgan fingerprint density at radius 2 is 2.25 bits per heavy atom. The van der Waals surface area contributed by atoms with Crippen LogP contribution in [-0.2, 0) is 9.53 Å². The van der Waals surface area contributed by atoms with E-state index in [0.29, 0.717) is 0 Å². The van der Waals surface area contributed by atoms with Crippen LogP contribution in [0.4, 0.5) is 4.79 Å². The van der Waals surface area contributed by atoms with E-state index in [2.05, 4.69) is 4.74 Å². The standard InChI is InChI=1S/C7H9NO4/c9-6(10)5-3-8(4-1-2-4)7(11)12-5/h4-5H,1-3H2,(H,9,10)/t5-/m1/s1. The minimum Gasteiger partial charge on any atom is -0.478 e. The highest BCUT2D eigenvalue weighted by Crippen LogP contribution is 2.30. The highest BCUT2D eigenvalue weighted by atomic mass is 16.6. The zero-order valence-electron chi connectivity index (χ0n) is 6.40. The fourth-order valence-electron chi connectivity index (χ4n) is 1.29. The zero-order chi connectivity index (χ0) is 8.72. The number of hydrogen-bond acceptors (Lipinski definition) is 3. The Balaban J connectivity index is 2.01. The van der Waals surface area contributed by atoms with E-state index in [1.54, 1.807) is 0 Å². The van der Waals surface area contributed by atoms with Crippen molar-refractivity contribution in [3.8, 4) is 0 Å². The summed E-state index contributed by atoms with van der Waals surface area (Å²) < 4.78 is 4.62. The fourth-order valence-corrected chi connectivity index (χ4v) is 1.29. The van der Waals surface area contributed by atoms with Crippen LogP contribution >= 0.6 is 0 Å². The molecule has 2 aliphatic rings. The van der Waals surface area contributed by atoms with Crippen molar-refractivity contribution >= 4 is 12.1 Å². The van der Waals surface area contributed by atoms with Crippen molar-refractivity contribution in [1.29, 1.82) is 0 Å². The quantitative estimate of drug-likeness (QED) is 0.637. The first kappa shape index (κ1) is 7.39. The Bertz CT molecular complexity index is 236. The lowest BCUT2D eigenvalue weighted by atomic mass is 10.3. The number of cyclic esters (lactones) is 1. The van der Waals surface area contributed by atoms with Gasteiger partial charge in [-0.3, -0.25) is 0 Å². The molecule has 0 unspecified atom stereocenters. The van der Waals surface area contributed by atoms with Gasteiger partial charge in [-0.05, 0) is 12.8 Å². The molecule has 0 bridgehead atoms. The Morgan fingerprint density at radius 3 is 2.67 bits per heavy atom. The van der Waals surface area contributed by atoms with Crippen LogP contribution in [0, 0.1) is 0 Å². The highest BCUT2D eigenvalue weighted by molar-refractivity contribution is 5.81. The molecule has 1 heterocycles. The van der Waals surface area contributed by atoms with Gasteiger partial charge in [0.25, 0.3) is 0 Å². The van der Waals surface area contributed by atoms with Gasteiger partial charge in [0.05, 0.1) is 6.54 Å². The molecule has 0 aromatic heterocycles. The van der Waals surface area contributed by atoms with Crippen LogP contribution in [0.3, 0.4) is 0 Å². The van der Waals surface area contributed by atoms with Crippen LogP contribution in [0.5, 0.6) is 0 Å². The summed E-state index contributed by atoms with van der Waals surface area (Å²) in [5.74, 6) is -1.06. The maximum absolute atomic E-state index is 11.0. The molecular weight excluding hydrogens is 162 g/mol. The molecule has 1 amide bonds. The van der Waals surface area contributed by atoms with Crippen LogP contribution in [0.1, 0.15) is 12.8 Å². The summed E-state index contributed by atoms with van der Waals surface area (Å²) in [6.45, 7) is 0.207. The van der Waals surface area contributed by atoms with Gasteiger partial charge in [-0.1, -0.05) is 0 Å². The van der Waals surface area contributed by atoms with E-state index in [1.807, 2.05) is 0 Å². The average Bonchev–Trinajstić information content (AvgIpc) is 2.75. The lowest BCUT2D eigenvalue weighted by Crippen LogP contribution is -2.29. The monoisotopic (exact) mass is 171 g/mol. The fraction of sp³-hybridized carbons (Fsp3) is 0.714. The predicted molar refractivity (Wildman–Crippen MR) is 37.6 cm³/mol. The van der Waals surface area contributed by atoms with Gasteiger partial charge in [-0.25, -0.2) is 9.59 Å². The molecule has 1 aliphatic carbocycles. The summed E-state index contributed by atoms with van der Waals surface area (Å²) in [5, 5.41) is 8.55. The molecule has 1 saturated heterocycles. The summed E-state index contributed by atoms with van der Waals surface area (Å²) in [6, 6.07) is 0.238. The van der Waals surface area contributed by atoms with Crippen LogP contribution in [0.15, 0.2) is 0 Å². The van der Waals surface area contributed by atoms with E-state index in [0.717, 1.165) is 12.8 Å². The Kier molecular flexibility index (Phi) is 1.46. The van der Waals surface area contributed by atoms with E-state index in [9.17, 15) is 9.59 Å². The lowest BCUT2D eigenvalue weighted by molar-refractivity contribution is -0.144. The summed E-state index contributed by atoms with van der Waals surface area (Å²) in [7, 11) is 0. The zero-order valence-corrected chi connectivity index (χ0v) is 6.40. The van der Waals surface area contributed by atoms with Gasteiger partial charge >= 0.3 is 12.1 Å². The molecule has 12 heavy (non-hydrogen) atoms. The summed E-state index contributed by atoms with van der Waals surface area (Å²) in [4.78, 5) is 22.9. The third-order valence-corrected chi connectivity index (χ3v) is 2.10. The number of amides is 1. The average molecular weight is 171 g/mol. The third kappa shape index (κ3) is 1.11. The molecule has 0 spiro atoms. The minimum absolute atomic E-state index is 0.207.